The van der Waals surface area contributed by atoms with Crippen molar-refractivity contribution >= 4 is 0 Å². The average Bonchev–Trinajstić information content (AvgIpc) is 2.90. The van der Waals surface area contributed by atoms with Crippen molar-refractivity contribution in [3.63, 3.8) is 0 Å². The van der Waals surface area contributed by atoms with Gasteiger partial charge in [0.15, 0.2) is 0 Å². The van der Waals surface area contributed by atoms with Crippen molar-refractivity contribution in [2.75, 3.05) is 26.8 Å². The minimum Gasteiger partial charge on any atom is -0.497 e. The largest absolute Gasteiger partial charge is 0.497 e. The SMILES string of the molecule is COc1ccc(C(CCO)N2CCCC2)c(C)c1. The smallest absolute Gasteiger partial charge is 0.119 e. The summed E-state index contributed by atoms with van der Waals surface area (Å²) in [6, 6.07) is 6.59. The quantitative estimate of drug-likeness (QED) is 0.870. The fourth-order valence-electron chi connectivity index (χ4n) is 2.86. The molecule has 0 bridgehead atoms. The molecule has 1 saturated heterocycles. The molecule has 1 N–H and O–H groups in total. The van der Waals surface area contributed by atoms with E-state index in [1.807, 2.05) is 6.07 Å². The van der Waals surface area contributed by atoms with Crippen molar-refractivity contribution in [3.05, 3.63) is 29.3 Å². The van der Waals surface area contributed by atoms with Gasteiger partial charge >= 0.3 is 0 Å². The fourth-order valence-corrected chi connectivity index (χ4v) is 2.86. The van der Waals surface area contributed by atoms with Crippen molar-refractivity contribution in [2.24, 2.45) is 0 Å². The van der Waals surface area contributed by atoms with Gasteiger partial charge in [-0.15, -0.1) is 0 Å². The van der Waals surface area contributed by atoms with E-state index in [2.05, 4.69) is 24.0 Å². The Morgan fingerprint density at radius 3 is 2.61 bits per heavy atom. The maximum Gasteiger partial charge on any atom is 0.119 e. The minimum absolute atomic E-state index is 0.243. The number of hydrogen-bond acceptors (Lipinski definition) is 3. The monoisotopic (exact) mass is 249 g/mol. The third-order valence-electron chi connectivity index (χ3n) is 3.82. The second kappa shape index (κ2) is 6.21. The van der Waals surface area contributed by atoms with E-state index in [-0.39, 0.29) is 6.61 Å². The Morgan fingerprint density at radius 1 is 1.33 bits per heavy atom. The summed E-state index contributed by atoms with van der Waals surface area (Å²) in [5.74, 6) is 0.903. The Hall–Kier alpha value is -1.06. The van der Waals surface area contributed by atoms with Crippen LogP contribution in [-0.4, -0.2) is 36.8 Å². The number of aliphatic hydroxyl groups excluding tert-OH is 1. The van der Waals surface area contributed by atoms with E-state index in [1.165, 1.54) is 24.0 Å². The van der Waals surface area contributed by atoms with Crippen LogP contribution in [0.15, 0.2) is 18.2 Å². The molecular weight excluding hydrogens is 226 g/mol. The van der Waals surface area contributed by atoms with Gasteiger partial charge in [0.2, 0.25) is 0 Å². The van der Waals surface area contributed by atoms with Gasteiger partial charge in [-0.05, 0) is 62.5 Å². The van der Waals surface area contributed by atoms with Crippen molar-refractivity contribution in [1.29, 1.82) is 0 Å². The van der Waals surface area contributed by atoms with Crippen LogP contribution in [0.1, 0.15) is 36.4 Å². The Balaban J connectivity index is 2.23. The van der Waals surface area contributed by atoms with E-state index in [4.69, 9.17) is 4.74 Å². The van der Waals surface area contributed by atoms with Gasteiger partial charge in [0.05, 0.1) is 7.11 Å². The zero-order chi connectivity index (χ0) is 13.0. The third kappa shape index (κ3) is 2.85. The molecule has 0 aliphatic carbocycles. The highest BCUT2D eigenvalue weighted by Crippen LogP contribution is 2.31. The van der Waals surface area contributed by atoms with E-state index in [1.54, 1.807) is 7.11 Å². The van der Waals surface area contributed by atoms with Crippen LogP contribution in [0.25, 0.3) is 0 Å². The number of likely N-dealkylation sites (tertiary alicyclic amines) is 1. The number of benzene rings is 1. The molecule has 1 heterocycles. The van der Waals surface area contributed by atoms with Gasteiger partial charge in [-0.2, -0.15) is 0 Å². The molecule has 1 atom stereocenters. The summed E-state index contributed by atoms with van der Waals surface area (Å²) in [5.41, 5.74) is 2.58. The van der Waals surface area contributed by atoms with E-state index in [0.717, 1.165) is 25.3 Å². The molecule has 0 aromatic heterocycles. The Bertz CT molecular complexity index is 386. The second-order valence-electron chi connectivity index (χ2n) is 4.99. The van der Waals surface area contributed by atoms with Gasteiger partial charge in [-0.3, -0.25) is 4.90 Å². The lowest BCUT2D eigenvalue weighted by Crippen LogP contribution is -2.27. The molecule has 1 aliphatic heterocycles. The molecule has 1 aromatic carbocycles. The molecule has 0 saturated carbocycles. The maximum absolute atomic E-state index is 9.30. The first-order valence-electron chi connectivity index (χ1n) is 6.75. The predicted octanol–water partition coefficient (Wildman–Crippen LogP) is 2.52. The first kappa shape index (κ1) is 13.4. The lowest BCUT2D eigenvalue weighted by molar-refractivity contribution is 0.185. The summed E-state index contributed by atoms with van der Waals surface area (Å²) in [4.78, 5) is 2.49. The molecule has 3 heteroatoms. The molecular formula is C15H23NO2. The van der Waals surface area contributed by atoms with Gasteiger partial charge in [0, 0.05) is 12.6 Å². The molecule has 3 nitrogen and oxygen atoms in total. The molecule has 1 aliphatic rings. The first-order chi connectivity index (χ1) is 8.76. The normalized spacial score (nSPS) is 17.9. The maximum atomic E-state index is 9.30. The van der Waals surface area contributed by atoms with Crippen molar-refractivity contribution < 1.29 is 9.84 Å². The highest BCUT2D eigenvalue weighted by Gasteiger charge is 2.24. The summed E-state index contributed by atoms with van der Waals surface area (Å²) in [6.07, 6.45) is 3.36. The van der Waals surface area contributed by atoms with Crippen LogP contribution in [-0.2, 0) is 0 Å². The summed E-state index contributed by atoms with van der Waals surface area (Å²) < 4.78 is 5.25. The molecule has 1 unspecified atom stereocenters. The van der Waals surface area contributed by atoms with Crippen LogP contribution in [0, 0.1) is 6.92 Å². The number of aliphatic hydroxyl groups is 1. The lowest BCUT2D eigenvalue weighted by Gasteiger charge is -2.28. The summed E-state index contributed by atoms with van der Waals surface area (Å²) >= 11 is 0. The highest BCUT2D eigenvalue weighted by molar-refractivity contribution is 5.36. The van der Waals surface area contributed by atoms with Crippen molar-refractivity contribution in [1.82, 2.24) is 4.90 Å². The molecule has 1 aromatic rings. The van der Waals surface area contributed by atoms with Crippen molar-refractivity contribution in [2.45, 2.75) is 32.2 Å². The Kier molecular flexibility index (Phi) is 4.61. The Labute approximate surface area is 109 Å². The molecule has 18 heavy (non-hydrogen) atoms. The first-order valence-corrected chi connectivity index (χ1v) is 6.75. The van der Waals surface area contributed by atoms with E-state index < -0.39 is 0 Å². The number of methoxy groups -OCH3 is 1. The van der Waals surface area contributed by atoms with Crippen molar-refractivity contribution in [3.8, 4) is 5.75 Å². The summed E-state index contributed by atoms with van der Waals surface area (Å²) in [5, 5.41) is 9.30. The lowest BCUT2D eigenvalue weighted by atomic mass is 9.97. The van der Waals surface area contributed by atoms with E-state index in [9.17, 15) is 5.11 Å². The number of rotatable bonds is 5. The molecule has 0 amide bonds. The molecule has 100 valence electrons. The molecule has 0 radical (unpaired) electrons. The Morgan fingerprint density at radius 2 is 2.06 bits per heavy atom. The summed E-state index contributed by atoms with van der Waals surface area (Å²) in [7, 11) is 1.69. The zero-order valence-corrected chi connectivity index (χ0v) is 11.4. The fraction of sp³-hybridized carbons (Fsp3) is 0.600. The van der Waals surface area contributed by atoms with Crippen LogP contribution in [0.2, 0.25) is 0 Å². The van der Waals surface area contributed by atoms with Crippen LogP contribution in [0.4, 0.5) is 0 Å². The van der Waals surface area contributed by atoms with Gasteiger partial charge in [0.25, 0.3) is 0 Å². The number of nitrogens with zero attached hydrogens (tertiary/aromatic N) is 1. The highest BCUT2D eigenvalue weighted by atomic mass is 16.5. The van der Waals surface area contributed by atoms with Gasteiger partial charge in [-0.25, -0.2) is 0 Å². The van der Waals surface area contributed by atoms with E-state index >= 15 is 0 Å². The van der Waals surface area contributed by atoms with Gasteiger partial charge in [0.1, 0.15) is 5.75 Å². The summed E-state index contributed by atoms with van der Waals surface area (Å²) in [6.45, 7) is 4.66. The molecule has 2 rings (SSSR count). The second-order valence-corrected chi connectivity index (χ2v) is 4.99. The third-order valence-corrected chi connectivity index (χ3v) is 3.82. The van der Waals surface area contributed by atoms with Gasteiger partial charge < -0.3 is 9.84 Å². The van der Waals surface area contributed by atoms with E-state index in [0.29, 0.717) is 6.04 Å². The molecule has 0 spiro atoms. The van der Waals surface area contributed by atoms with Gasteiger partial charge in [-0.1, -0.05) is 6.07 Å². The average molecular weight is 249 g/mol. The standard InChI is InChI=1S/C15H23NO2/c1-12-11-13(18-2)5-6-14(12)15(7-10-17)16-8-3-4-9-16/h5-6,11,15,17H,3-4,7-10H2,1-2H3. The van der Waals surface area contributed by atoms with Crippen LogP contribution in [0.5, 0.6) is 5.75 Å². The topological polar surface area (TPSA) is 32.7 Å². The number of ether oxygens (including phenoxy) is 1. The van der Waals surface area contributed by atoms with Crippen LogP contribution >= 0.6 is 0 Å². The zero-order valence-electron chi connectivity index (χ0n) is 11.4. The van der Waals surface area contributed by atoms with Crippen LogP contribution < -0.4 is 4.74 Å². The minimum atomic E-state index is 0.243. The number of hydrogen-bond donors (Lipinski definition) is 1. The van der Waals surface area contributed by atoms with Crippen LogP contribution in [0.3, 0.4) is 0 Å². The predicted molar refractivity (Wildman–Crippen MR) is 73.0 cm³/mol. The molecule has 1 fully saturated rings. The number of aryl methyl sites for hydroxylation is 1.